The maximum absolute atomic E-state index is 13.5. The van der Waals surface area contributed by atoms with Gasteiger partial charge in [-0.15, -0.1) is 0 Å². The van der Waals surface area contributed by atoms with Gasteiger partial charge in [0.05, 0.1) is 12.6 Å². The van der Waals surface area contributed by atoms with E-state index in [-0.39, 0.29) is 6.04 Å². The van der Waals surface area contributed by atoms with Gasteiger partial charge < -0.3 is 10.6 Å². The van der Waals surface area contributed by atoms with E-state index in [1.165, 1.54) is 6.07 Å². The van der Waals surface area contributed by atoms with Crippen LogP contribution in [0.4, 0.5) is 14.5 Å². The van der Waals surface area contributed by atoms with Gasteiger partial charge in [-0.2, -0.15) is 0 Å². The van der Waals surface area contributed by atoms with Crippen molar-refractivity contribution < 1.29 is 8.78 Å². The predicted octanol–water partition coefficient (Wildman–Crippen LogP) is 3.60. The largest absolute Gasteiger partial charge is 0.369 e. The Morgan fingerprint density at radius 1 is 1.14 bits per heavy atom. The summed E-state index contributed by atoms with van der Waals surface area (Å²) in [5.74, 6) is -1.37. The first-order valence-corrected chi connectivity index (χ1v) is 7.15. The van der Waals surface area contributed by atoms with Crippen LogP contribution in [0.2, 0.25) is 0 Å². The summed E-state index contributed by atoms with van der Waals surface area (Å²) in [6.45, 7) is 0.406. The highest BCUT2D eigenvalue weighted by molar-refractivity contribution is 9.10. The number of aliphatic imine (C=N–C) groups is 1. The van der Waals surface area contributed by atoms with E-state index in [1.807, 2.05) is 29.2 Å². The Morgan fingerprint density at radius 2 is 1.95 bits per heavy atom. The summed E-state index contributed by atoms with van der Waals surface area (Å²) in [7, 11) is 0. The Labute approximate surface area is 129 Å². The van der Waals surface area contributed by atoms with E-state index in [9.17, 15) is 8.78 Å². The van der Waals surface area contributed by atoms with E-state index in [0.717, 1.165) is 16.2 Å². The molecular weight excluding hydrogens is 340 g/mol. The van der Waals surface area contributed by atoms with Gasteiger partial charge in [-0.25, -0.2) is 8.78 Å². The fraction of sp³-hybridized carbons (Fsp3) is 0.133. The van der Waals surface area contributed by atoms with E-state index in [4.69, 9.17) is 5.73 Å². The van der Waals surface area contributed by atoms with E-state index < -0.39 is 11.6 Å². The highest BCUT2D eigenvalue weighted by atomic mass is 79.9. The number of hydrogen-bond donors (Lipinski definition) is 1. The zero-order valence-electron chi connectivity index (χ0n) is 10.9. The van der Waals surface area contributed by atoms with Gasteiger partial charge in [0.2, 0.25) is 0 Å². The van der Waals surface area contributed by atoms with Crippen molar-refractivity contribution in [2.24, 2.45) is 10.7 Å². The third-order valence-electron chi connectivity index (χ3n) is 3.40. The predicted molar refractivity (Wildman–Crippen MR) is 82.2 cm³/mol. The minimum absolute atomic E-state index is 0.241. The van der Waals surface area contributed by atoms with Crippen LogP contribution in [0.5, 0.6) is 0 Å². The van der Waals surface area contributed by atoms with Gasteiger partial charge in [-0.3, -0.25) is 4.99 Å². The van der Waals surface area contributed by atoms with Crippen molar-refractivity contribution in [2.75, 3.05) is 11.4 Å². The van der Waals surface area contributed by atoms with Crippen LogP contribution < -0.4 is 10.6 Å². The molecule has 1 heterocycles. The minimum atomic E-state index is -0.868. The van der Waals surface area contributed by atoms with Crippen LogP contribution in [0.25, 0.3) is 0 Å². The summed E-state index contributed by atoms with van der Waals surface area (Å²) in [6.07, 6.45) is 0. The third kappa shape index (κ3) is 2.63. The molecule has 1 unspecified atom stereocenters. The van der Waals surface area contributed by atoms with Crippen molar-refractivity contribution in [3.05, 3.63) is 64.1 Å². The van der Waals surface area contributed by atoms with Gasteiger partial charge in [0.15, 0.2) is 17.6 Å². The highest BCUT2D eigenvalue weighted by Crippen LogP contribution is 2.32. The van der Waals surface area contributed by atoms with Crippen molar-refractivity contribution in [2.45, 2.75) is 6.04 Å². The molecule has 0 spiro atoms. The van der Waals surface area contributed by atoms with Gasteiger partial charge in [0.1, 0.15) is 0 Å². The number of anilines is 1. The molecule has 0 amide bonds. The van der Waals surface area contributed by atoms with Crippen LogP contribution in [-0.2, 0) is 0 Å². The number of benzene rings is 2. The summed E-state index contributed by atoms with van der Waals surface area (Å²) in [4.78, 5) is 6.04. The lowest BCUT2D eigenvalue weighted by molar-refractivity contribution is 0.505. The summed E-state index contributed by atoms with van der Waals surface area (Å²) < 4.78 is 27.4. The van der Waals surface area contributed by atoms with Crippen molar-refractivity contribution in [3.8, 4) is 0 Å². The molecule has 0 aromatic heterocycles. The lowest BCUT2D eigenvalue weighted by atomic mass is 10.1. The van der Waals surface area contributed by atoms with Gasteiger partial charge in [0.25, 0.3) is 0 Å². The third-order valence-corrected chi connectivity index (χ3v) is 3.89. The number of hydrogen-bond acceptors (Lipinski definition) is 3. The Hall–Kier alpha value is -1.95. The summed E-state index contributed by atoms with van der Waals surface area (Å²) in [5, 5.41) is 0. The van der Waals surface area contributed by atoms with Crippen molar-refractivity contribution in [1.82, 2.24) is 0 Å². The molecule has 2 aromatic carbocycles. The molecule has 21 heavy (non-hydrogen) atoms. The molecule has 0 bridgehead atoms. The fourth-order valence-corrected chi connectivity index (χ4v) is 2.80. The van der Waals surface area contributed by atoms with Crippen LogP contribution in [0.15, 0.2) is 51.9 Å². The number of rotatable bonds is 2. The maximum atomic E-state index is 13.5. The normalized spacial score (nSPS) is 18.0. The van der Waals surface area contributed by atoms with E-state index in [2.05, 4.69) is 20.9 Å². The molecule has 1 aliphatic rings. The van der Waals surface area contributed by atoms with Crippen LogP contribution in [0.1, 0.15) is 11.6 Å². The fourth-order valence-electron chi connectivity index (χ4n) is 2.41. The van der Waals surface area contributed by atoms with Crippen LogP contribution in [0.3, 0.4) is 0 Å². The molecule has 108 valence electrons. The zero-order valence-corrected chi connectivity index (χ0v) is 12.5. The lowest BCUT2D eigenvalue weighted by Crippen LogP contribution is -2.36. The Morgan fingerprint density at radius 3 is 2.67 bits per heavy atom. The molecule has 2 N–H and O–H groups in total. The Balaban J connectivity index is 2.00. The van der Waals surface area contributed by atoms with Gasteiger partial charge in [-0.1, -0.05) is 28.1 Å². The average Bonchev–Trinajstić information content (AvgIpc) is 2.84. The molecule has 0 radical (unpaired) electrons. The van der Waals surface area contributed by atoms with Crippen molar-refractivity contribution in [1.29, 1.82) is 0 Å². The summed E-state index contributed by atoms with van der Waals surface area (Å²) in [5.41, 5.74) is 7.43. The first-order chi connectivity index (χ1) is 10.1. The zero-order chi connectivity index (χ0) is 15.0. The molecule has 0 aliphatic carbocycles. The van der Waals surface area contributed by atoms with Crippen molar-refractivity contribution >= 4 is 27.6 Å². The topological polar surface area (TPSA) is 41.6 Å². The molecule has 3 nitrogen and oxygen atoms in total. The molecule has 0 saturated carbocycles. The Kier molecular flexibility index (Phi) is 3.63. The lowest BCUT2D eigenvalue weighted by Gasteiger charge is -2.27. The molecular formula is C15H12BrF2N3. The first kappa shape index (κ1) is 14.0. The number of nitrogens with zero attached hydrogens (tertiary/aromatic N) is 2. The van der Waals surface area contributed by atoms with Crippen molar-refractivity contribution in [3.63, 3.8) is 0 Å². The SMILES string of the molecule is NC1=NCC(c2ccc(F)c(F)c2)N1c1cccc(Br)c1. The number of guanidine groups is 1. The van der Waals surface area contributed by atoms with Crippen LogP contribution in [0, 0.1) is 11.6 Å². The second kappa shape index (κ2) is 5.44. The molecule has 6 heteroatoms. The molecule has 0 saturated heterocycles. The number of nitrogens with two attached hydrogens (primary N) is 1. The quantitative estimate of drug-likeness (QED) is 0.897. The Bertz CT molecular complexity index is 718. The standard InChI is InChI=1S/C15H12BrF2N3/c16-10-2-1-3-11(7-10)21-14(8-20-15(21)19)9-4-5-12(17)13(18)6-9/h1-7,14H,8H2,(H2,19,20). The minimum Gasteiger partial charge on any atom is -0.369 e. The number of halogens is 3. The van der Waals surface area contributed by atoms with Crippen LogP contribution >= 0.6 is 15.9 Å². The monoisotopic (exact) mass is 351 g/mol. The van der Waals surface area contributed by atoms with E-state index in [0.29, 0.717) is 18.1 Å². The molecule has 2 aromatic rings. The maximum Gasteiger partial charge on any atom is 0.196 e. The summed E-state index contributed by atoms with van der Waals surface area (Å²) in [6, 6.07) is 11.2. The van der Waals surface area contributed by atoms with Crippen LogP contribution in [-0.4, -0.2) is 12.5 Å². The second-order valence-electron chi connectivity index (χ2n) is 4.74. The van der Waals surface area contributed by atoms with Gasteiger partial charge >= 0.3 is 0 Å². The summed E-state index contributed by atoms with van der Waals surface area (Å²) >= 11 is 3.41. The highest BCUT2D eigenvalue weighted by Gasteiger charge is 2.29. The second-order valence-corrected chi connectivity index (χ2v) is 5.65. The van der Waals surface area contributed by atoms with Gasteiger partial charge in [-0.05, 0) is 35.9 Å². The molecule has 1 aliphatic heterocycles. The van der Waals surface area contributed by atoms with E-state index in [1.54, 1.807) is 6.07 Å². The molecule has 1 atom stereocenters. The molecule has 0 fully saturated rings. The van der Waals surface area contributed by atoms with E-state index >= 15 is 0 Å². The first-order valence-electron chi connectivity index (χ1n) is 6.36. The smallest absolute Gasteiger partial charge is 0.196 e. The average molecular weight is 352 g/mol. The molecule has 3 rings (SSSR count). The van der Waals surface area contributed by atoms with Gasteiger partial charge in [0, 0.05) is 10.2 Å².